The van der Waals surface area contributed by atoms with Gasteiger partial charge in [0.15, 0.2) is 11.6 Å². The monoisotopic (exact) mass is 287 g/mol. The smallest absolute Gasteiger partial charge is 0.167 e. The van der Waals surface area contributed by atoms with Crippen molar-refractivity contribution in [1.82, 2.24) is 5.32 Å². The van der Waals surface area contributed by atoms with Gasteiger partial charge in [0.05, 0.1) is 0 Å². The van der Waals surface area contributed by atoms with Gasteiger partial charge in [0.1, 0.15) is 5.75 Å². The predicted molar refractivity (Wildman–Crippen MR) is 84.5 cm³/mol. The SMILES string of the molecule is CNCc1cccc(F)c1Oc1cc(C(C)C)ccc1C. The van der Waals surface area contributed by atoms with Crippen molar-refractivity contribution in [1.29, 1.82) is 0 Å². The van der Waals surface area contributed by atoms with Crippen LogP contribution in [0.15, 0.2) is 36.4 Å². The fraction of sp³-hybridized carbons (Fsp3) is 0.333. The number of rotatable bonds is 5. The lowest BCUT2D eigenvalue weighted by Crippen LogP contribution is -2.07. The average molecular weight is 287 g/mol. The van der Waals surface area contributed by atoms with E-state index in [0.717, 1.165) is 11.1 Å². The second kappa shape index (κ2) is 6.72. The van der Waals surface area contributed by atoms with Crippen LogP contribution >= 0.6 is 0 Å². The molecule has 0 aliphatic carbocycles. The number of para-hydroxylation sites is 1. The zero-order valence-electron chi connectivity index (χ0n) is 13.0. The second-order valence-corrected chi connectivity index (χ2v) is 5.54. The Morgan fingerprint density at radius 3 is 2.62 bits per heavy atom. The molecule has 0 saturated heterocycles. The number of benzene rings is 2. The average Bonchev–Trinajstić information content (AvgIpc) is 2.44. The molecule has 3 heteroatoms. The molecule has 0 radical (unpaired) electrons. The van der Waals surface area contributed by atoms with Gasteiger partial charge in [0.25, 0.3) is 0 Å². The van der Waals surface area contributed by atoms with Crippen LogP contribution in [0.4, 0.5) is 4.39 Å². The van der Waals surface area contributed by atoms with E-state index in [1.54, 1.807) is 6.07 Å². The summed E-state index contributed by atoms with van der Waals surface area (Å²) in [7, 11) is 1.83. The Balaban J connectivity index is 2.40. The highest BCUT2D eigenvalue weighted by molar-refractivity contribution is 5.44. The maximum Gasteiger partial charge on any atom is 0.167 e. The number of halogens is 1. The number of ether oxygens (including phenoxy) is 1. The van der Waals surface area contributed by atoms with Crippen LogP contribution in [0.1, 0.15) is 36.5 Å². The first-order valence-electron chi connectivity index (χ1n) is 7.23. The number of aryl methyl sites for hydroxylation is 1. The third-order valence-corrected chi connectivity index (χ3v) is 3.51. The van der Waals surface area contributed by atoms with Crippen LogP contribution in [0.5, 0.6) is 11.5 Å². The van der Waals surface area contributed by atoms with E-state index in [-0.39, 0.29) is 5.82 Å². The van der Waals surface area contributed by atoms with Gasteiger partial charge >= 0.3 is 0 Å². The summed E-state index contributed by atoms with van der Waals surface area (Å²) in [5.41, 5.74) is 2.99. The van der Waals surface area contributed by atoms with Crippen LogP contribution < -0.4 is 10.1 Å². The third kappa shape index (κ3) is 3.61. The summed E-state index contributed by atoms with van der Waals surface area (Å²) in [4.78, 5) is 0. The first kappa shape index (κ1) is 15.5. The van der Waals surface area contributed by atoms with Crippen molar-refractivity contribution in [2.24, 2.45) is 0 Å². The Hall–Kier alpha value is -1.87. The van der Waals surface area contributed by atoms with Gasteiger partial charge in [-0.3, -0.25) is 0 Å². The minimum Gasteiger partial charge on any atom is -0.454 e. The van der Waals surface area contributed by atoms with Crippen LogP contribution in [-0.2, 0) is 6.54 Å². The molecule has 0 fully saturated rings. The minimum atomic E-state index is -0.336. The Morgan fingerprint density at radius 2 is 1.95 bits per heavy atom. The van der Waals surface area contributed by atoms with Crippen molar-refractivity contribution in [3.63, 3.8) is 0 Å². The minimum absolute atomic E-state index is 0.302. The molecule has 2 aromatic carbocycles. The Bertz CT molecular complexity index is 623. The zero-order valence-corrected chi connectivity index (χ0v) is 13.0. The Labute approximate surface area is 126 Å². The topological polar surface area (TPSA) is 21.3 Å². The van der Waals surface area contributed by atoms with Crippen molar-refractivity contribution in [3.05, 3.63) is 58.9 Å². The van der Waals surface area contributed by atoms with E-state index in [1.165, 1.54) is 11.6 Å². The van der Waals surface area contributed by atoms with Gasteiger partial charge in [-0.05, 0) is 43.1 Å². The van der Waals surface area contributed by atoms with Gasteiger partial charge in [-0.2, -0.15) is 0 Å². The summed E-state index contributed by atoms with van der Waals surface area (Å²) in [6.45, 7) is 6.79. The Kier molecular flexibility index (Phi) is 4.97. The molecule has 0 heterocycles. The molecule has 0 amide bonds. The van der Waals surface area contributed by atoms with Gasteiger partial charge in [-0.1, -0.05) is 38.1 Å². The predicted octanol–water partition coefficient (Wildman–Crippen LogP) is 4.77. The van der Waals surface area contributed by atoms with E-state index in [0.29, 0.717) is 24.0 Å². The fourth-order valence-electron chi connectivity index (χ4n) is 2.19. The number of hydrogen-bond donors (Lipinski definition) is 1. The van der Waals surface area contributed by atoms with Crippen molar-refractivity contribution in [2.45, 2.75) is 33.2 Å². The lowest BCUT2D eigenvalue weighted by Gasteiger charge is -2.15. The molecule has 2 nitrogen and oxygen atoms in total. The molecular weight excluding hydrogens is 265 g/mol. The molecule has 0 atom stereocenters. The molecule has 0 saturated carbocycles. The van der Waals surface area contributed by atoms with Crippen molar-refractivity contribution < 1.29 is 9.13 Å². The summed E-state index contributed by atoms with van der Waals surface area (Å²) >= 11 is 0. The van der Waals surface area contributed by atoms with Gasteiger partial charge in [0, 0.05) is 12.1 Å². The van der Waals surface area contributed by atoms with Crippen molar-refractivity contribution in [3.8, 4) is 11.5 Å². The summed E-state index contributed by atoms with van der Waals surface area (Å²) in [6.07, 6.45) is 0. The second-order valence-electron chi connectivity index (χ2n) is 5.54. The van der Waals surface area contributed by atoms with Gasteiger partial charge in [-0.25, -0.2) is 4.39 Å². The van der Waals surface area contributed by atoms with Crippen LogP contribution in [0.25, 0.3) is 0 Å². The van der Waals surface area contributed by atoms with Crippen LogP contribution in [0.3, 0.4) is 0 Å². The molecule has 0 aliphatic rings. The van der Waals surface area contributed by atoms with Crippen LogP contribution in [0, 0.1) is 12.7 Å². The molecule has 112 valence electrons. The lowest BCUT2D eigenvalue weighted by molar-refractivity contribution is 0.431. The van der Waals surface area contributed by atoms with E-state index >= 15 is 0 Å². The van der Waals surface area contributed by atoms with Crippen molar-refractivity contribution in [2.75, 3.05) is 7.05 Å². The largest absolute Gasteiger partial charge is 0.454 e. The van der Waals surface area contributed by atoms with Crippen LogP contribution in [-0.4, -0.2) is 7.05 Å². The van der Waals surface area contributed by atoms with E-state index < -0.39 is 0 Å². The lowest BCUT2D eigenvalue weighted by atomic mass is 10.0. The van der Waals surface area contributed by atoms with E-state index in [9.17, 15) is 4.39 Å². The molecule has 0 aromatic heterocycles. The highest BCUT2D eigenvalue weighted by Crippen LogP contribution is 2.32. The molecule has 0 bridgehead atoms. The van der Waals surface area contributed by atoms with Gasteiger partial charge < -0.3 is 10.1 Å². The van der Waals surface area contributed by atoms with E-state index in [1.807, 2.05) is 32.2 Å². The first-order valence-corrected chi connectivity index (χ1v) is 7.23. The highest BCUT2D eigenvalue weighted by Gasteiger charge is 2.13. The van der Waals surface area contributed by atoms with Gasteiger partial charge in [0.2, 0.25) is 0 Å². The fourth-order valence-corrected chi connectivity index (χ4v) is 2.19. The quantitative estimate of drug-likeness (QED) is 0.855. The van der Waals surface area contributed by atoms with E-state index in [2.05, 4.69) is 25.2 Å². The van der Waals surface area contributed by atoms with E-state index in [4.69, 9.17) is 4.74 Å². The van der Waals surface area contributed by atoms with Crippen molar-refractivity contribution >= 4 is 0 Å². The maximum atomic E-state index is 14.1. The summed E-state index contributed by atoms with van der Waals surface area (Å²) in [5, 5.41) is 3.03. The molecule has 2 rings (SSSR count). The standard InChI is InChI=1S/C18H22FNO/c1-12(2)14-9-8-13(3)17(10-14)21-18-15(11-20-4)6-5-7-16(18)19/h5-10,12,20H,11H2,1-4H3. The molecule has 2 aromatic rings. The Morgan fingerprint density at radius 1 is 1.19 bits per heavy atom. The summed E-state index contributed by atoms with van der Waals surface area (Å²) < 4.78 is 20.0. The third-order valence-electron chi connectivity index (χ3n) is 3.51. The number of nitrogens with one attached hydrogen (secondary N) is 1. The van der Waals surface area contributed by atoms with Gasteiger partial charge in [-0.15, -0.1) is 0 Å². The molecule has 0 unspecified atom stereocenters. The molecule has 0 spiro atoms. The normalized spacial score (nSPS) is 11.0. The zero-order chi connectivity index (χ0) is 15.4. The maximum absolute atomic E-state index is 14.1. The van der Waals surface area contributed by atoms with Crippen LogP contribution in [0.2, 0.25) is 0 Å². The molecule has 21 heavy (non-hydrogen) atoms. The molecular formula is C18H22FNO. The molecule has 0 aliphatic heterocycles. The molecule has 1 N–H and O–H groups in total. The first-order chi connectivity index (χ1) is 10.0. The summed E-state index contributed by atoms with van der Waals surface area (Å²) in [5.74, 6) is 1.09. The highest BCUT2D eigenvalue weighted by atomic mass is 19.1. The summed E-state index contributed by atoms with van der Waals surface area (Å²) in [6, 6.07) is 11.1. The number of hydrogen-bond acceptors (Lipinski definition) is 2.